The molecule has 3 N–H and O–H groups in total. The lowest BCUT2D eigenvalue weighted by atomic mass is 9.83. The number of hydrogen-bond donors (Lipinski definition) is 2. The summed E-state index contributed by atoms with van der Waals surface area (Å²) in [6.45, 7) is 0.456. The van der Waals surface area contributed by atoms with Gasteiger partial charge in [-0.1, -0.05) is 29.8 Å². The quantitative estimate of drug-likeness (QED) is 0.894. The third kappa shape index (κ3) is 3.72. The van der Waals surface area contributed by atoms with Crippen molar-refractivity contribution >= 4 is 17.5 Å². The van der Waals surface area contributed by atoms with Crippen LogP contribution in [0, 0.1) is 5.92 Å². The van der Waals surface area contributed by atoms with Gasteiger partial charge in [0.25, 0.3) is 0 Å². The molecule has 0 bridgehead atoms. The standard InChI is InChI=1S/C15H21ClN2O2/c1-20-14-7-6-10(8-13(14)17)15(19)18-9-11-4-2-3-5-12(11)16/h2-5,10,13-14H,6-9,17H2,1H3,(H,18,19)/t10-,13+,14+/m0/s1. The molecule has 20 heavy (non-hydrogen) atoms. The van der Waals surface area contributed by atoms with Crippen LogP contribution < -0.4 is 11.1 Å². The zero-order valence-electron chi connectivity index (χ0n) is 11.6. The Labute approximate surface area is 124 Å². The minimum Gasteiger partial charge on any atom is -0.380 e. The van der Waals surface area contributed by atoms with Gasteiger partial charge in [0.15, 0.2) is 0 Å². The van der Waals surface area contributed by atoms with Crippen LogP contribution in [0.2, 0.25) is 5.02 Å². The number of benzene rings is 1. The summed E-state index contributed by atoms with van der Waals surface area (Å²) in [5.41, 5.74) is 6.95. The number of ether oxygens (including phenoxy) is 1. The lowest BCUT2D eigenvalue weighted by molar-refractivity contribution is -0.127. The van der Waals surface area contributed by atoms with E-state index >= 15 is 0 Å². The Morgan fingerprint density at radius 2 is 2.20 bits per heavy atom. The van der Waals surface area contributed by atoms with Gasteiger partial charge in [-0.3, -0.25) is 4.79 Å². The maximum atomic E-state index is 12.2. The number of halogens is 1. The van der Waals surface area contributed by atoms with Gasteiger partial charge in [-0.25, -0.2) is 0 Å². The minimum atomic E-state index is -0.0650. The summed E-state index contributed by atoms with van der Waals surface area (Å²) >= 11 is 6.07. The van der Waals surface area contributed by atoms with Crippen LogP contribution in [0.25, 0.3) is 0 Å². The van der Waals surface area contributed by atoms with Crippen molar-refractivity contribution < 1.29 is 9.53 Å². The Kier molecular flexibility index (Phi) is 5.40. The number of hydrogen-bond acceptors (Lipinski definition) is 3. The van der Waals surface area contributed by atoms with E-state index in [1.165, 1.54) is 0 Å². The molecule has 0 saturated heterocycles. The van der Waals surface area contributed by atoms with E-state index in [0.717, 1.165) is 18.4 Å². The monoisotopic (exact) mass is 296 g/mol. The van der Waals surface area contributed by atoms with Crippen LogP contribution in [0.5, 0.6) is 0 Å². The summed E-state index contributed by atoms with van der Waals surface area (Å²) < 4.78 is 5.30. The number of amides is 1. The molecule has 110 valence electrons. The molecular formula is C15H21ClN2O2. The topological polar surface area (TPSA) is 64.3 Å². The minimum absolute atomic E-state index is 0.0288. The maximum absolute atomic E-state index is 12.2. The van der Waals surface area contributed by atoms with Gasteiger partial charge in [0, 0.05) is 30.6 Å². The van der Waals surface area contributed by atoms with Crippen LogP contribution in [0.1, 0.15) is 24.8 Å². The Morgan fingerprint density at radius 3 is 2.85 bits per heavy atom. The second-order valence-corrected chi connectivity index (χ2v) is 5.66. The van der Waals surface area contributed by atoms with E-state index in [1.807, 2.05) is 24.3 Å². The van der Waals surface area contributed by atoms with Crippen LogP contribution in [0.15, 0.2) is 24.3 Å². The van der Waals surface area contributed by atoms with E-state index in [2.05, 4.69) is 5.32 Å². The van der Waals surface area contributed by atoms with Gasteiger partial charge in [-0.15, -0.1) is 0 Å². The molecule has 0 unspecified atom stereocenters. The number of carbonyl (C=O) groups excluding carboxylic acids is 1. The summed E-state index contributed by atoms with van der Waals surface area (Å²) in [7, 11) is 1.67. The molecule has 0 heterocycles. The van der Waals surface area contributed by atoms with Gasteiger partial charge in [0.1, 0.15) is 0 Å². The van der Waals surface area contributed by atoms with Crippen LogP contribution in [-0.4, -0.2) is 25.2 Å². The average Bonchev–Trinajstić information content (AvgIpc) is 2.46. The first-order chi connectivity index (χ1) is 9.61. The van der Waals surface area contributed by atoms with Crippen molar-refractivity contribution in [2.75, 3.05) is 7.11 Å². The molecule has 0 spiro atoms. The lowest BCUT2D eigenvalue weighted by Gasteiger charge is -2.32. The fraction of sp³-hybridized carbons (Fsp3) is 0.533. The molecule has 1 aliphatic rings. The van der Waals surface area contributed by atoms with Gasteiger partial charge in [0.2, 0.25) is 5.91 Å². The van der Waals surface area contributed by atoms with E-state index in [-0.39, 0.29) is 24.0 Å². The van der Waals surface area contributed by atoms with Crippen molar-refractivity contribution in [1.82, 2.24) is 5.32 Å². The van der Waals surface area contributed by atoms with Gasteiger partial charge < -0.3 is 15.8 Å². The summed E-state index contributed by atoms with van der Waals surface area (Å²) in [4.78, 5) is 12.2. The fourth-order valence-electron chi connectivity index (χ4n) is 2.68. The first kappa shape index (κ1) is 15.3. The molecule has 4 nitrogen and oxygen atoms in total. The van der Waals surface area contributed by atoms with Crippen molar-refractivity contribution in [1.29, 1.82) is 0 Å². The zero-order valence-corrected chi connectivity index (χ0v) is 12.4. The van der Waals surface area contributed by atoms with E-state index in [1.54, 1.807) is 7.11 Å². The summed E-state index contributed by atoms with van der Waals surface area (Å²) in [6.07, 6.45) is 2.40. The molecule has 3 atom stereocenters. The molecule has 0 aromatic heterocycles. The Balaban J connectivity index is 1.85. The molecule has 5 heteroatoms. The summed E-state index contributed by atoms with van der Waals surface area (Å²) in [5, 5.41) is 3.62. The van der Waals surface area contributed by atoms with Crippen molar-refractivity contribution in [2.24, 2.45) is 11.7 Å². The second kappa shape index (κ2) is 7.07. The molecule has 1 aliphatic carbocycles. The molecule has 1 fully saturated rings. The fourth-order valence-corrected chi connectivity index (χ4v) is 2.88. The number of rotatable bonds is 4. The van der Waals surface area contributed by atoms with E-state index in [4.69, 9.17) is 22.1 Å². The molecule has 1 aromatic carbocycles. The molecular weight excluding hydrogens is 276 g/mol. The molecule has 1 saturated carbocycles. The highest BCUT2D eigenvalue weighted by Crippen LogP contribution is 2.25. The first-order valence-electron chi connectivity index (χ1n) is 6.91. The Morgan fingerprint density at radius 1 is 1.45 bits per heavy atom. The SMILES string of the molecule is CO[C@@H]1CC[C@H](C(=O)NCc2ccccc2Cl)C[C@H]1N. The van der Waals surface area contributed by atoms with Gasteiger partial charge in [-0.05, 0) is 30.9 Å². The number of nitrogens with two attached hydrogens (primary N) is 1. The molecule has 0 aliphatic heterocycles. The largest absolute Gasteiger partial charge is 0.380 e. The molecule has 2 rings (SSSR count). The molecule has 1 amide bonds. The van der Waals surface area contributed by atoms with Crippen molar-refractivity contribution in [3.8, 4) is 0 Å². The van der Waals surface area contributed by atoms with Gasteiger partial charge in [-0.2, -0.15) is 0 Å². The highest BCUT2D eigenvalue weighted by Gasteiger charge is 2.31. The number of nitrogens with one attached hydrogen (secondary N) is 1. The van der Waals surface area contributed by atoms with Crippen LogP contribution in [0.3, 0.4) is 0 Å². The normalized spacial score (nSPS) is 26.2. The number of methoxy groups -OCH3 is 1. The zero-order chi connectivity index (χ0) is 14.5. The van der Waals surface area contributed by atoms with E-state index < -0.39 is 0 Å². The predicted molar refractivity (Wildman–Crippen MR) is 79.4 cm³/mol. The van der Waals surface area contributed by atoms with E-state index in [0.29, 0.717) is 18.0 Å². The van der Waals surface area contributed by atoms with Crippen LogP contribution >= 0.6 is 11.6 Å². The first-order valence-corrected chi connectivity index (χ1v) is 7.29. The lowest BCUT2D eigenvalue weighted by Crippen LogP contribution is -2.45. The highest BCUT2D eigenvalue weighted by molar-refractivity contribution is 6.31. The molecule has 1 aromatic rings. The van der Waals surface area contributed by atoms with Crippen LogP contribution in [-0.2, 0) is 16.1 Å². The van der Waals surface area contributed by atoms with Gasteiger partial charge >= 0.3 is 0 Å². The smallest absolute Gasteiger partial charge is 0.223 e. The predicted octanol–water partition coefficient (Wildman–Crippen LogP) is 2.10. The highest BCUT2D eigenvalue weighted by atomic mass is 35.5. The van der Waals surface area contributed by atoms with Crippen molar-refractivity contribution in [3.63, 3.8) is 0 Å². The second-order valence-electron chi connectivity index (χ2n) is 5.26. The summed E-state index contributed by atoms with van der Waals surface area (Å²) in [6, 6.07) is 7.45. The van der Waals surface area contributed by atoms with Crippen LogP contribution in [0.4, 0.5) is 0 Å². The molecule has 0 radical (unpaired) electrons. The van der Waals surface area contributed by atoms with Gasteiger partial charge in [0.05, 0.1) is 6.10 Å². The Bertz CT molecular complexity index is 467. The Hall–Kier alpha value is -1.10. The van der Waals surface area contributed by atoms with E-state index in [9.17, 15) is 4.79 Å². The summed E-state index contributed by atoms with van der Waals surface area (Å²) in [5.74, 6) is 0.0220. The maximum Gasteiger partial charge on any atom is 0.223 e. The number of carbonyl (C=O) groups is 1. The van der Waals surface area contributed by atoms with Crippen molar-refractivity contribution in [3.05, 3.63) is 34.9 Å². The van der Waals surface area contributed by atoms with Crippen molar-refractivity contribution in [2.45, 2.75) is 38.0 Å². The third-order valence-corrected chi connectivity index (χ3v) is 4.29. The third-order valence-electron chi connectivity index (χ3n) is 3.92. The average molecular weight is 297 g/mol.